The normalized spacial score (nSPS) is 10.9. The van der Waals surface area contributed by atoms with Gasteiger partial charge in [0.05, 0.1) is 12.7 Å². The van der Waals surface area contributed by atoms with Crippen molar-refractivity contribution in [3.05, 3.63) is 60.2 Å². The Balaban J connectivity index is 1.43. The Morgan fingerprint density at radius 1 is 1.15 bits per heavy atom. The predicted octanol–water partition coefficient (Wildman–Crippen LogP) is 1.73. The monoisotopic (exact) mass is 368 g/mol. The zero-order valence-corrected chi connectivity index (χ0v) is 13.9. The fourth-order valence-corrected chi connectivity index (χ4v) is 2.37. The summed E-state index contributed by atoms with van der Waals surface area (Å²) in [7, 11) is 0. The molecule has 136 valence electrons. The molecular weight excluding hydrogens is 355 g/mol. The summed E-state index contributed by atoms with van der Waals surface area (Å²) in [5.41, 5.74) is 1.20. The Bertz CT molecular complexity index is 1060. The number of aromatic nitrogens is 5. The van der Waals surface area contributed by atoms with Crippen molar-refractivity contribution >= 4 is 11.6 Å². The standard InChI is InChI=1S/C17H13FN6O3/c18-12-3-1-11(2-4-12)16-22-21-14-5-6-15(23-24(14)16)26-10-9-19-17(25)13-7-8-20-27-13/h1-8H,9-10H2,(H,19,25). The van der Waals surface area contributed by atoms with E-state index in [0.29, 0.717) is 22.9 Å². The fraction of sp³-hybridized carbons (Fsp3) is 0.118. The van der Waals surface area contributed by atoms with E-state index in [0.717, 1.165) is 0 Å². The van der Waals surface area contributed by atoms with E-state index >= 15 is 0 Å². The van der Waals surface area contributed by atoms with Crippen LogP contribution in [0.15, 0.2) is 53.2 Å². The highest BCUT2D eigenvalue weighted by molar-refractivity contribution is 5.91. The number of carbonyl (C=O) groups is 1. The second kappa shape index (κ2) is 7.20. The molecule has 0 fully saturated rings. The minimum absolute atomic E-state index is 0.128. The maximum atomic E-state index is 13.1. The minimum atomic E-state index is -0.378. The Kier molecular flexibility index (Phi) is 4.44. The van der Waals surface area contributed by atoms with Crippen LogP contribution in [-0.4, -0.2) is 44.0 Å². The van der Waals surface area contributed by atoms with Gasteiger partial charge in [-0.25, -0.2) is 4.39 Å². The van der Waals surface area contributed by atoms with Gasteiger partial charge in [-0.1, -0.05) is 5.16 Å². The molecule has 27 heavy (non-hydrogen) atoms. The largest absolute Gasteiger partial charge is 0.475 e. The number of amides is 1. The van der Waals surface area contributed by atoms with Gasteiger partial charge in [-0.15, -0.1) is 15.3 Å². The Morgan fingerprint density at radius 2 is 2.00 bits per heavy atom. The lowest BCUT2D eigenvalue weighted by molar-refractivity contribution is 0.0909. The zero-order valence-electron chi connectivity index (χ0n) is 13.9. The number of fused-ring (bicyclic) bond motifs is 1. The van der Waals surface area contributed by atoms with Crippen LogP contribution in [0.5, 0.6) is 5.88 Å². The third-order valence-corrected chi connectivity index (χ3v) is 3.64. The van der Waals surface area contributed by atoms with E-state index in [1.54, 1.807) is 24.3 Å². The lowest BCUT2D eigenvalue weighted by Gasteiger charge is -2.06. The van der Waals surface area contributed by atoms with Crippen molar-refractivity contribution in [1.29, 1.82) is 0 Å². The predicted molar refractivity (Wildman–Crippen MR) is 90.5 cm³/mol. The van der Waals surface area contributed by atoms with Crippen LogP contribution in [0.1, 0.15) is 10.6 Å². The molecule has 0 spiro atoms. The quantitative estimate of drug-likeness (QED) is 0.516. The Hall–Kier alpha value is -3.82. The average Bonchev–Trinajstić information content (AvgIpc) is 3.35. The van der Waals surface area contributed by atoms with Gasteiger partial charge in [0, 0.05) is 17.7 Å². The van der Waals surface area contributed by atoms with E-state index in [-0.39, 0.29) is 30.6 Å². The first kappa shape index (κ1) is 16.6. The fourth-order valence-electron chi connectivity index (χ4n) is 2.37. The molecule has 1 aromatic carbocycles. The van der Waals surface area contributed by atoms with Crippen molar-refractivity contribution in [3.63, 3.8) is 0 Å². The molecule has 1 N–H and O–H groups in total. The lowest BCUT2D eigenvalue weighted by Crippen LogP contribution is -2.27. The van der Waals surface area contributed by atoms with Gasteiger partial charge in [-0.2, -0.15) is 4.52 Å². The molecule has 0 saturated carbocycles. The zero-order chi connectivity index (χ0) is 18.6. The Morgan fingerprint density at radius 3 is 2.78 bits per heavy atom. The number of hydrogen-bond acceptors (Lipinski definition) is 7. The molecule has 0 bridgehead atoms. The molecular formula is C17H13FN6O3. The maximum Gasteiger partial charge on any atom is 0.290 e. The summed E-state index contributed by atoms with van der Waals surface area (Å²) in [4.78, 5) is 11.7. The van der Waals surface area contributed by atoms with Crippen LogP contribution < -0.4 is 10.1 Å². The SMILES string of the molecule is O=C(NCCOc1ccc2nnc(-c3ccc(F)cc3)n2n1)c1ccno1. The topological polar surface area (TPSA) is 107 Å². The molecule has 0 saturated heterocycles. The summed E-state index contributed by atoms with van der Waals surface area (Å²) >= 11 is 0. The highest BCUT2D eigenvalue weighted by Crippen LogP contribution is 2.19. The first-order valence-corrected chi connectivity index (χ1v) is 8.01. The molecule has 4 aromatic rings. The van der Waals surface area contributed by atoms with E-state index in [1.807, 2.05) is 0 Å². The van der Waals surface area contributed by atoms with Gasteiger partial charge in [0.25, 0.3) is 5.91 Å². The van der Waals surface area contributed by atoms with E-state index in [4.69, 9.17) is 9.26 Å². The van der Waals surface area contributed by atoms with Gasteiger partial charge in [0.2, 0.25) is 11.6 Å². The van der Waals surface area contributed by atoms with Crippen LogP contribution in [0.2, 0.25) is 0 Å². The maximum absolute atomic E-state index is 13.1. The third-order valence-electron chi connectivity index (χ3n) is 3.64. The first-order chi connectivity index (χ1) is 13.2. The van der Waals surface area contributed by atoms with Crippen molar-refractivity contribution in [3.8, 4) is 17.3 Å². The second-order valence-corrected chi connectivity index (χ2v) is 5.45. The molecule has 3 heterocycles. The summed E-state index contributed by atoms with van der Waals surface area (Å²) in [6.45, 7) is 0.457. The van der Waals surface area contributed by atoms with Crippen LogP contribution >= 0.6 is 0 Å². The number of halogens is 1. The number of benzene rings is 1. The molecule has 0 aliphatic rings. The molecule has 1 amide bonds. The van der Waals surface area contributed by atoms with Crippen molar-refractivity contribution in [2.24, 2.45) is 0 Å². The number of hydrogen-bond donors (Lipinski definition) is 1. The molecule has 3 aromatic heterocycles. The number of rotatable bonds is 6. The number of ether oxygens (including phenoxy) is 1. The first-order valence-electron chi connectivity index (χ1n) is 8.01. The third kappa shape index (κ3) is 3.59. The van der Waals surface area contributed by atoms with Crippen molar-refractivity contribution in [2.75, 3.05) is 13.2 Å². The van der Waals surface area contributed by atoms with Crippen LogP contribution in [0.25, 0.3) is 17.0 Å². The Labute approximate surface area is 151 Å². The summed E-state index contributed by atoms with van der Waals surface area (Å²) in [5, 5.41) is 18.6. The lowest BCUT2D eigenvalue weighted by atomic mass is 10.2. The molecule has 0 aliphatic carbocycles. The van der Waals surface area contributed by atoms with Crippen LogP contribution in [0.3, 0.4) is 0 Å². The van der Waals surface area contributed by atoms with Crippen LogP contribution in [0.4, 0.5) is 4.39 Å². The van der Waals surface area contributed by atoms with Crippen molar-refractivity contribution in [1.82, 2.24) is 30.3 Å². The molecule has 0 unspecified atom stereocenters. The number of carbonyl (C=O) groups excluding carboxylic acids is 1. The summed E-state index contributed by atoms with van der Waals surface area (Å²) < 4.78 is 24.9. The van der Waals surface area contributed by atoms with Gasteiger partial charge in [0.15, 0.2) is 11.5 Å². The van der Waals surface area contributed by atoms with Crippen LogP contribution in [-0.2, 0) is 0 Å². The van der Waals surface area contributed by atoms with Crippen LogP contribution in [0, 0.1) is 5.82 Å². The van der Waals surface area contributed by atoms with E-state index in [9.17, 15) is 9.18 Å². The second-order valence-electron chi connectivity index (χ2n) is 5.45. The van der Waals surface area contributed by atoms with Crippen molar-refractivity contribution < 1.29 is 18.4 Å². The molecule has 4 rings (SSSR count). The van der Waals surface area contributed by atoms with Crippen molar-refractivity contribution in [2.45, 2.75) is 0 Å². The van der Waals surface area contributed by atoms with E-state index in [1.165, 1.54) is 28.9 Å². The molecule has 0 aliphatic heterocycles. The summed E-state index contributed by atoms with van der Waals surface area (Å²) in [5.74, 6) is 0.213. The average molecular weight is 368 g/mol. The number of nitrogens with zero attached hydrogens (tertiary/aromatic N) is 5. The molecule has 10 heteroatoms. The van der Waals surface area contributed by atoms with Gasteiger partial charge >= 0.3 is 0 Å². The van der Waals surface area contributed by atoms with E-state index < -0.39 is 0 Å². The summed E-state index contributed by atoms with van der Waals surface area (Å²) in [6.07, 6.45) is 1.39. The molecule has 9 nitrogen and oxygen atoms in total. The highest BCUT2D eigenvalue weighted by Gasteiger charge is 2.11. The molecule has 0 atom stereocenters. The highest BCUT2D eigenvalue weighted by atomic mass is 19.1. The molecule has 0 radical (unpaired) electrons. The van der Waals surface area contributed by atoms with Gasteiger partial charge in [-0.05, 0) is 30.3 Å². The smallest absolute Gasteiger partial charge is 0.290 e. The minimum Gasteiger partial charge on any atom is -0.475 e. The van der Waals surface area contributed by atoms with Gasteiger partial charge < -0.3 is 14.6 Å². The van der Waals surface area contributed by atoms with Gasteiger partial charge in [0.1, 0.15) is 12.4 Å². The summed E-state index contributed by atoms with van der Waals surface area (Å²) in [6, 6.07) is 10.7. The number of nitrogens with one attached hydrogen (secondary N) is 1. The van der Waals surface area contributed by atoms with E-state index in [2.05, 4.69) is 25.8 Å². The van der Waals surface area contributed by atoms with Gasteiger partial charge in [-0.3, -0.25) is 4.79 Å².